The molecule has 3 saturated heterocycles. The van der Waals surface area contributed by atoms with Crippen molar-refractivity contribution in [2.75, 3.05) is 61.4 Å². The molecule has 0 bridgehead atoms. The predicted octanol–water partition coefficient (Wildman–Crippen LogP) is 6.02. The third kappa shape index (κ3) is 7.26. The van der Waals surface area contributed by atoms with Crippen molar-refractivity contribution in [1.82, 2.24) is 25.1 Å². The molecule has 15 heteroatoms. The van der Waals surface area contributed by atoms with Crippen LogP contribution in [-0.2, 0) is 20.9 Å². The minimum atomic E-state index is -0.605. The molecule has 4 aromatic rings. The molecule has 60 heavy (non-hydrogen) atoms. The van der Waals surface area contributed by atoms with E-state index >= 15 is 4.39 Å². The van der Waals surface area contributed by atoms with Gasteiger partial charge in [-0.3, -0.25) is 25.0 Å². The normalized spacial score (nSPS) is 21.8. The van der Waals surface area contributed by atoms with Crippen LogP contribution < -0.4 is 25.6 Å². The van der Waals surface area contributed by atoms with Gasteiger partial charge in [0.05, 0.1) is 0 Å². The van der Waals surface area contributed by atoms with Gasteiger partial charge in [-0.1, -0.05) is 0 Å². The van der Waals surface area contributed by atoms with Crippen molar-refractivity contribution >= 4 is 51.8 Å². The van der Waals surface area contributed by atoms with E-state index in [4.69, 9.17) is 9.47 Å². The number of benzene rings is 2. The number of aromatic nitrogens is 2. The highest BCUT2D eigenvalue weighted by molar-refractivity contribution is 6.05. The fourth-order valence-electron chi connectivity index (χ4n) is 10.3. The zero-order chi connectivity index (χ0) is 41.1. The van der Waals surface area contributed by atoms with E-state index < -0.39 is 12.1 Å². The predicted molar refractivity (Wildman–Crippen MR) is 222 cm³/mol. The summed E-state index contributed by atoms with van der Waals surface area (Å²) in [7, 11) is 0. The summed E-state index contributed by atoms with van der Waals surface area (Å²) in [5.41, 5.74) is 5.62. The highest BCUT2D eigenvalue weighted by Gasteiger charge is 2.48. The quantitative estimate of drug-likeness (QED) is 0.188. The zero-order valence-electron chi connectivity index (χ0n) is 33.7. The number of hydrogen-bond acceptors (Lipinski definition) is 11. The molecule has 2 aromatic carbocycles. The second-order valence-corrected chi connectivity index (χ2v) is 17.5. The summed E-state index contributed by atoms with van der Waals surface area (Å²) in [5, 5.41) is 9.83. The number of rotatable bonds is 7. The van der Waals surface area contributed by atoms with Crippen LogP contribution in [0.1, 0.15) is 72.9 Å². The Morgan fingerprint density at radius 1 is 0.967 bits per heavy atom. The third-order valence-electron chi connectivity index (χ3n) is 13.8. The summed E-state index contributed by atoms with van der Waals surface area (Å²) in [5.74, 6) is 0.297. The monoisotopic (exact) mass is 816 g/mol. The molecule has 1 atom stereocenters. The van der Waals surface area contributed by atoms with Crippen molar-refractivity contribution in [3.8, 4) is 17.0 Å². The number of hydrogen-bond donors (Lipinski definition) is 3. The summed E-state index contributed by atoms with van der Waals surface area (Å²) in [6.45, 7) is 8.61. The van der Waals surface area contributed by atoms with E-state index in [-0.39, 0.29) is 41.5 Å². The number of fused-ring (bicyclic) bond motifs is 3. The SMILES string of the molecule is Cc1c(-c2cc3cc(NC(=O)OC4CC5(CCN(CC6CCN(c7ccc8c(c7)CN(C7CCC(=O)NC7=O)C8=O)CC6)CC5)C4)ncc3cc2F)cnc2c1NCCO2. The molecule has 4 amide bonds. The Balaban J connectivity index is 0.672. The van der Waals surface area contributed by atoms with Crippen molar-refractivity contribution in [2.24, 2.45) is 11.3 Å². The molecular formula is C45H49FN8O6. The van der Waals surface area contributed by atoms with Gasteiger partial charge in [0.1, 0.15) is 36.1 Å². The van der Waals surface area contributed by atoms with E-state index in [9.17, 15) is 19.2 Å². The summed E-state index contributed by atoms with van der Waals surface area (Å²) in [4.78, 5) is 65.6. The Morgan fingerprint density at radius 3 is 2.58 bits per heavy atom. The molecule has 4 fully saturated rings. The fourth-order valence-corrected chi connectivity index (χ4v) is 10.3. The van der Waals surface area contributed by atoms with Gasteiger partial charge in [0.25, 0.3) is 5.91 Å². The van der Waals surface area contributed by atoms with Gasteiger partial charge < -0.3 is 29.5 Å². The van der Waals surface area contributed by atoms with Crippen molar-refractivity contribution in [2.45, 2.75) is 77.0 Å². The van der Waals surface area contributed by atoms with Gasteiger partial charge in [-0.15, -0.1) is 0 Å². The molecule has 3 N–H and O–H groups in total. The van der Waals surface area contributed by atoms with Gasteiger partial charge in [0.2, 0.25) is 17.7 Å². The van der Waals surface area contributed by atoms with E-state index in [1.54, 1.807) is 29.4 Å². The maximum atomic E-state index is 15.3. The van der Waals surface area contributed by atoms with Crippen molar-refractivity contribution in [1.29, 1.82) is 0 Å². The van der Waals surface area contributed by atoms with Gasteiger partial charge in [0, 0.05) is 79.3 Å². The Labute approximate surface area is 347 Å². The van der Waals surface area contributed by atoms with Crippen LogP contribution >= 0.6 is 0 Å². The minimum absolute atomic E-state index is 0.128. The maximum absolute atomic E-state index is 15.3. The van der Waals surface area contributed by atoms with E-state index in [1.807, 2.05) is 19.1 Å². The van der Waals surface area contributed by atoms with Crippen LogP contribution in [-0.4, -0.2) is 102 Å². The van der Waals surface area contributed by atoms with Crippen LogP contribution in [0.3, 0.4) is 0 Å². The molecule has 1 saturated carbocycles. The molecule has 1 aliphatic carbocycles. The second kappa shape index (κ2) is 15.3. The van der Waals surface area contributed by atoms with E-state index in [0.29, 0.717) is 65.8 Å². The minimum Gasteiger partial charge on any atom is -0.474 e. The number of nitrogens with zero attached hydrogens (tertiary/aromatic N) is 5. The van der Waals surface area contributed by atoms with Crippen molar-refractivity contribution in [3.05, 3.63) is 71.3 Å². The number of carbonyl (C=O) groups excluding carboxylic acids is 4. The summed E-state index contributed by atoms with van der Waals surface area (Å²) in [6.07, 6.45) is 9.29. The number of pyridine rings is 2. The molecule has 312 valence electrons. The number of nitrogens with one attached hydrogen (secondary N) is 3. The number of likely N-dealkylation sites (tertiary alicyclic amines) is 1. The molecule has 1 spiro atoms. The number of ether oxygens (including phenoxy) is 2. The lowest BCUT2D eigenvalue weighted by molar-refractivity contribution is -0.136. The smallest absolute Gasteiger partial charge is 0.413 e. The Bertz CT molecular complexity index is 2400. The number of anilines is 3. The lowest BCUT2D eigenvalue weighted by atomic mass is 9.61. The zero-order valence-corrected chi connectivity index (χ0v) is 33.7. The molecule has 6 aliphatic rings. The Kier molecular flexibility index (Phi) is 9.80. The molecule has 1 unspecified atom stereocenters. The van der Waals surface area contributed by atoms with Gasteiger partial charge in [-0.2, -0.15) is 0 Å². The molecular weight excluding hydrogens is 768 g/mol. The summed E-state index contributed by atoms with van der Waals surface area (Å²) < 4.78 is 26.8. The standard InChI is InChI=1S/C45H49FN8O6/c1-26-35(23-49-42-40(26)47-10-15-59-42)34-17-28-19-38(48-22-29(28)18-36(34)46)50-44(58)60-32-20-45(21-32)8-13-52(14-9-45)24-27-6-11-53(12-7-27)31-2-3-33-30(16-31)25-54(43(33)57)37-4-5-39(55)51-41(37)56/h2-3,16-19,22-23,27,32,37,47H,4-15,20-21,24-25H2,1H3,(H,48,50,58)(H,51,55,56). The van der Waals surface area contributed by atoms with Crippen LogP contribution in [0.2, 0.25) is 0 Å². The average Bonchev–Trinajstić information content (AvgIpc) is 3.56. The van der Waals surface area contributed by atoms with Crippen LogP contribution in [0.4, 0.5) is 26.4 Å². The van der Waals surface area contributed by atoms with Crippen LogP contribution in [0.5, 0.6) is 5.88 Å². The number of amides is 4. The number of halogens is 1. The molecule has 5 aliphatic heterocycles. The largest absolute Gasteiger partial charge is 0.474 e. The summed E-state index contributed by atoms with van der Waals surface area (Å²) >= 11 is 0. The first-order valence-corrected chi connectivity index (χ1v) is 21.3. The Hall–Kier alpha value is -5.83. The average molecular weight is 817 g/mol. The fraction of sp³-hybridized carbons (Fsp3) is 0.467. The molecule has 0 radical (unpaired) electrons. The summed E-state index contributed by atoms with van der Waals surface area (Å²) in [6, 6.07) is 10.4. The van der Waals surface area contributed by atoms with Crippen molar-refractivity contribution < 1.29 is 33.0 Å². The van der Waals surface area contributed by atoms with Crippen LogP contribution in [0.15, 0.2) is 48.8 Å². The number of imide groups is 1. The topological polar surface area (TPSA) is 158 Å². The van der Waals surface area contributed by atoms with Gasteiger partial charge in [-0.05, 0) is 129 Å². The van der Waals surface area contributed by atoms with Gasteiger partial charge in [-0.25, -0.2) is 19.2 Å². The van der Waals surface area contributed by atoms with Gasteiger partial charge in [0.15, 0.2) is 0 Å². The number of piperidine rings is 3. The molecule has 10 rings (SSSR count). The molecule has 14 nitrogen and oxygen atoms in total. The van der Waals surface area contributed by atoms with E-state index in [0.717, 1.165) is 99.1 Å². The third-order valence-corrected chi connectivity index (χ3v) is 13.8. The first-order chi connectivity index (χ1) is 29.1. The van der Waals surface area contributed by atoms with Crippen molar-refractivity contribution in [3.63, 3.8) is 0 Å². The van der Waals surface area contributed by atoms with E-state index in [2.05, 4.69) is 41.8 Å². The first kappa shape index (κ1) is 38.4. The second-order valence-electron chi connectivity index (χ2n) is 17.5. The molecule has 2 aromatic heterocycles. The first-order valence-electron chi connectivity index (χ1n) is 21.3. The highest BCUT2D eigenvalue weighted by atomic mass is 19.1. The molecule has 7 heterocycles. The van der Waals surface area contributed by atoms with Crippen LogP contribution in [0, 0.1) is 24.1 Å². The highest BCUT2D eigenvalue weighted by Crippen LogP contribution is 2.50. The lowest BCUT2D eigenvalue weighted by Crippen LogP contribution is -2.52. The maximum Gasteiger partial charge on any atom is 0.413 e. The van der Waals surface area contributed by atoms with Gasteiger partial charge >= 0.3 is 6.09 Å². The van der Waals surface area contributed by atoms with E-state index in [1.165, 1.54) is 6.07 Å². The lowest BCUT2D eigenvalue weighted by Gasteiger charge is -2.51. The Morgan fingerprint density at radius 2 is 1.78 bits per heavy atom. The van der Waals surface area contributed by atoms with Crippen LogP contribution in [0.25, 0.3) is 21.9 Å². The number of carbonyl (C=O) groups is 4.